The van der Waals surface area contributed by atoms with Gasteiger partial charge in [0, 0.05) is 11.7 Å². The van der Waals surface area contributed by atoms with Crippen molar-refractivity contribution in [1.29, 1.82) is 0 Å². The van der Waals surface area contributed by atoms with Gasteiger partial charge in [-0.1, -0.05) is 18.2 Å². The summed E-state index contributed by atoms with van der Waals surface area (Å²) in [5, 5.41) is 15.7. The second-order valence-electron chi connectivity index (χ2n) is 6.06. The van der Waals surface area contributed by atoms with E-state index in [4.69, 9.17) is 0 Å². The van der Waals surface area contributed by atoms with Gasteiger partial charge in [-0.3, -0.25) is 4.79 Å². The van der Waals surface area contributed by atoms with Crippen LogP contribution in [0.5, 0.6) is 0 Å². The Morgan fingerprint density at radius 1 is 1.12 bits per heavy atom. The maximum Gasteiger partial charge on any atom is 0.249 e. The highest BCUT2D eigenvalue weighted by Gasteiger charge is 2.38. The molecule has 3 heterocycles. The van der Waals surface area contributed by atoms with Gasteiger partial charge in [0.2, 0.25) is 5.91 Å². The van der Waals surface area contributed by atoms with Crippen molar-refractivity contribution in [2.75, 3.05) is 10.2 Å². The van der Waals surface area contributed by atoms with Crippen LogP contribution in [-0.4, -0.2) is 37.8 Å². The summed E-state index contributed by atoms with van der Waals surface area (Å²) < 4.78 is 1.67. The lowest BCUT2D eigenvalue weighted by Crippen LogP contribution is -2.35. The minimum Gasteiger partial charge on any atom is -0.357 e. The molecule has 1 aliphatic rings. The van der Waals surface area contributed by atoms with Gasteiger partial charge in [-0.05, 0) is 44.5 Å². The molecule has 0 unspecified atom stereocenters. The molecule has 1 N–H and O–H groups in total. The Morgan fingerprint density at radius 3 is 2.71 bits per heavy atom. The number of carbonyl (C=O) groups is 1. The van der Waals surface area contributed by atoms with Crippen LogP contribution in [0, 0.1) is 6.92 Å². The molecule has 0 spiro atoms. The maximum absolute atomic E-state index is 12.8. The standard InChI is InChI=1S/C17H18N6O/c1-11-10-14(17(24)22(11)13-6-4-3-5-7-13)18-15-8-9-16-20-19-12(2)23(16)21-15/h3-9,11,14H,10H2,1-2H3,(H,18,21)/t11-,14+/m0/s1. The molecule has 0 bridgehead atoms. The number of para-hydroxylation sites is 1. The Morgan fingerprint density at radius 2 is 1.92 bits per heavy atom. The first-order valence-corrected chi connectivity index (χ1v) is 7.97. The molecule has 1 amide bonds. The predicted molar refractivity (Wildman–Crippen MR) is 90.9 cm³/mol. The summed E-state index contributed by atoms with van der Waals surface area (Å²) in [6.07, 6.45) is 0.731. The maximum atomic E-state index is 12.8. The van der Waals surface area contributed by atoms with E-state index >= 15 is 0 Å². The second-order valence-corrected chi connectivity index (χ2v) is 6.06. The molecular formula is C17H18N6O. The van der Waals surface area contributed by atoms with E-state index in [9.17, 15) is 4.79 Å². The first kappa shape index (κ1) is 14.6. The number of aryl methyl sites for hydroxylation is 1. The van der Waals surface area contributed by atoms with Gasteiger partial charge in [0.25, 0.3) is 0 Å². The molecule has 2 aromatic heterocycles. The molecule has 1 aromatic carbocycles. The molecule has 122 valence electrons. The molecule has 4 rings (SSSR count). The summed E-state index contributed by atoms with van der Waals surface area (Å²) in [6, 6.07) is 13.3. The number of carbonyl (C=O) groups excluding carboxylic acids is 1. The molecule has 24 heavy (non-hydrogen) atoms. The molecule has 3 aromatic rings. The van der Waals surface area contributed by atoms with E-state index in [2.05, 4.69) is 27.5 Å². The Bertz CT molecular complexity index is 890. The number of nitrogens with zero attached hydrogens (tertiary/aromatic N) is 5. The third-order valence-electron chi connectivity index (χ3n) is 4.33. The number of fused-ring (bicyclic) bond motifs is 1. The lowest BCUT2D eigenvalue weighted by molar-refractivity contribution is -0.117. The smallest absolute Gasteiger partial charge is 0.249 e. The van der Waals surface area contributed by atoms with E-state index in [0.717, 1.165) is 12.1 Å². The van der Waals surface area contributed by atoms with Crippen molar-refractivity contribution < 1.29 is 4.79 Å². The zero-order valence-corrected chi connectivity index (χ0v) is 13.5. The van der Waals surface area contributed by atoms with Crippen LogP contribution < -0.4 is 10.2 Å². The minimum absolute atomic E-state index is 0.0658. The fraction of sp³-hybridized carbons (Fsp3) is 0.294. The molecule has 1 saturated heterocycles. The highest BCUT2D eigenvalue weighted by molar-refractivity contribution is 6.01. The van der Waals surface area contributed by atoms with Crippen LogP contribution in [0.2, 0.25) is 0 Å². The normalized spacial score (nSPS) is 20.8. The number of anilines is 2. The number of benzene rings is 1. The number of amides is 1. The monoisotopic (exact) mass is 322 g/mol. The van der Waals surface area contributed by atoms with Gasteiger partial charge < -0.3 is 10.2 Å². The number of rotatable bonds is 3. The molecule has 0 saturated carbocycles. The van der Waals surface area contributed by atoms with Crippen molar-refractivity contribution in [1.82, 2.24) is 19.8 Å². The van der Waals surface area contributed by atoms with E-state index in [-0.39, 0.29) is 18.0 Å². The Balaban J connectivity index is 1.58. The summed E-state index contributed by atoms with van der Waals surface area (Å²) in [7, 11) is 0. The van der Waals surface area contributed by atoms with Crippen molar-refractivity contribution in [3.05, 3.63) is 48.3 Å². The van der Waals surface area contributed by atoms with Gasteiger partial charge in [0.15, 0.2) is 11.5 Å². The third-order valence-corrected chi connectivity index (χ3v) is 4.33. The zero-order chi connectivity index (χ0) is 16.7. The topological polar surface area (TPSA) is 75.4 Å². The molecular weight excluding hydrogens is 304 g/mol. The highest BCUT2D eigenvalue weighted by atomic mass is 16.2. The van der Waals surface area contributed by atoms with Crippen LogP contribution in [0.15, 0.2) is 42.5 Å². The van der Waals surface area contributed by atoms with E-state index in [0.29, 0.717) is 17.3 Å². The van der Waals surface area contributed by atoms with Gasteiger partial charge in [-0.15, -0.1) is 15.3 Å². The average Bonchev–Trinajstić information content (AvgIpc) is 3.09. The predicted octanol–water partition coefficient (Wildman–Crippen LogP) is 2.04. The Labute approximate surface area is 139 Å². The van der Waals surface area contributed by atoms with E-state index in [1.54, 1.807) is 4.52 Å². The van der Waals surface area contributed by atoms with Crippen molar-refractivity contribution in [2.45, 2.75) is 32.4 Å². The first-order chi connectivity index (χ1) is 11.6. The van der Waals surface area contributed by atoms with Gasteiger partial charge in [0.1, 0.15) is 11.9 Å². The average molecular weight is 322 g/mol. The summed E-state index contributed by atoms with van der Waals surface area (Å²) in [5.74, 6) is 1.42. The van der Waals surface area contributed by atoms with Crippen LogP contribution in [0.3, 0.4) is 0 Å². The van der Waals surface area contributed by atoms with Crippen LogP contribution in [0.25, 0.3) is 5.65 Å². The van der Waals surface area contributed by atoms with Gasteiger partial charge in [0.05, 0.1) is 0 Å². The summed E-state index contributed by atoms with van der Waals surface area (Å²) in [5.41, 5.74) is 1.62. The van der Waals surface area contributed by atoms with E-state index in [1.165, 1.54) is 0 Å². The molecule has 0 radical (unpaired) electrons. The number of hydrogen-bond acceptors (Lipinski definition) is 5. The molecule has 2 atom stereocenters. The molecule has 1 aliphatic heterocycles. The summed E-state index contributed by atoms with van der Waals surface area (Å²) in [4.78, 5) is 14.7. The van der Waals surface area contributed by atoms with Crippen LogP contribution in [0.4, 0.5) is 11.5 Å². The zero-order valence-electron chi connectivity index (χ0n) is 13.5. The number of nitrogens with one attached hydrogen (secondary N) is 1. The first-order valence-electron chi connectivity index (χ1n) is 7.97. The summed E-state index contributed by atoms with van der Waals surface area (Å²) >= 11 is 0. The van der Waals surface area contributed by atoms with E-state index < -0.39 is 0 Å². The fourth-order valence-corrected chi connectivity index (χ4v) is 3.18. The van der Waals surface area contributed by atoms with E-state index in [1.807, 2.05) is 54.3 Å². The lowest BCUT2D eigenvalue weighted by Gasteiger charge is -2.21. The number of aromatic nitrogens is 4. The van der Waals surface area contributed by atoms with Gasteiger partial charge >= 0.3 is 0 Å². The minimum atomic E-state index is -0.290. The van der Waals surface area contributed by atoms with Crippen molar-refractivity contribution in [3.8, 4) is 0 Å². The third kappa shape index (κ3) is 2.38. The largest absolute Gasteiger partial charge is 0.357 e. The molecule has 0 aliphatic carbocycles. The molecule has 7 nitrogen and oxygen atoms in total. The molecule has 1 fully saturated rings. The Kier molecular flexibility index (Phi) is 3.41. The van der Waals surface area contributed by atoms with Crippen molar-refractivity contribution in [2.24, 2.45) is 0 Å². The highest BCUT2D eigenvalue weighted by Crippen LogP contribution is 2.28. The van der Waals surface area contributed by atoms with Crippen molar-refractivity contribution in [3.63, 3.8) is 0 Å². The second kappa shape index (κ2) is 5.59. The SMILES string of the molecule is Cc1nnc2ccc(N[C@@H]3C[C@H](C)N(c4ccccc4)C3=O)nn12. The lowest BCUT2D eigenvalue weighted by atomic mass is 10.2. The molecule has 7 heteroatoms. The Hall–Kier alpha value is -2.96. The summed E-state index contributed by atoms with van der Waals surface area (Å²) in [6.45, 7) is 3.91. The van der Waals surface area contributed by atoms with Crippen LogP contribution in [0.1, 0.15) is 19.2 Å². The van der Waals surface area contributed by atoms with Crippen LogP contribution in [-0.2, 0) is 4.79 Å². The van der Waals surface area contributed by atoms with Gasteiger partial charge in [-0.25, -0.2) is 0 Å². The van der Waals surface area contributed by atoms with Crippen molar-refractivity contribution >= 4 is 23.1 Å². The van der Waals surface area contributed by atoms with Gasteiger partial charge in [-0.2, -0.15) is 4.52 Å². The number of hydrogen-bond donors (Lipinski definition) is 1. The van der Waals surface area contributed by atoms with Crippen LogP contribution >= 0.6 is 0 Å². The quantitative estimate of drug-likeness (QED) is 0.798. The fourth-order valence-electron chi connectivity index (χ4n) is 3.18.